The zero-order valence-corrected chi connectivity index (χ0v) is 20.1. The Balaban J connectivity index is 1.34. The monoisotopic (exact) mass is 468 g/mol. The van der Waals surface area contributed by atoms with Crippen molar-refractivity contribution in [3.05, 3.63) is 54.1 Å². The molecule has 0 atom stereocenters. The number of carbonyl (C=O) groups excluding carboxylic acids is 1. The molecule has 7 heteroatoms. The Hall–Kier alpha value is -2.54. The van der Waals surface area contributed by atoms with Crippen LogP contribution in [0.4, 0.5) is 11.4 Å². The Labute approximate surface area is 196 Å². The highest BCUT2D eigenvalue weighted by Gasteiger charge is 2.51. The van der Waals surface area contributed by atoms with Crippen LogP contribution in [0.2, 0.25) is 0 Å². The summed E-state index contributed by atoms with van der Waals surface area (Å²) < 4.78 is 31.5. The van der Waals surface area contributed by atoms with E-state index in [1.807, 2.05) is 12.1 Å². The molecule has 4 saturated carbocycles. The van der Waals surface area contributed by atoms with Crippen LogP contribution in [0.1, 0.15) is 44.1 Å². The summed E-state index contributed by atoms with van der Waals surface area (Å²) in [4.78, 5) is 12.7. The van der Waals surface area contributed by atoms with E-state index in [0.717, 1.165) is 24.0 Å². The van der Waals surface area contributed by atoms with Gasteiger partial charge in [-0.25, -0.2) is 8.42 Å². The van der Waals surface area contributed by atoms with Crippen LogP contribution in [0.15, 0.2) is 48.5 Å². The highest BCUT2D eigenvalue weighted by molar-refractivity contribution is 7.92. The van der Waals surface area contributed by atoms with Gasteiger partial charge in [0.05, 0.1) is 19.1 Å². The standard InChI is InChI=1S/C26H32N2O4S/c1-32-24-5-3-4-22(13-24)27-25(29)17-28(33(2,30)31)23-8-6-21(7-9-23)26-14-18-10-19(15-26)12-20(11-18)16-26/h3-9,13,18-20H,10-12,14-17H2,1-2H3,(H,27,29). The molecule has 0 unspecified atom stereocenters. The number of carbonyl (C=O) groups is 1. The quantitative estimate of drug-likeness (QED) is 0.646. The van der Waals surface area contributed by atoms with Crippen LogP contribution in [0.3, 0.4) is 0 Å². The molecule has 4 fully saturated rings. The first kappa shape index (κ1) is 22.3. The SMILES string of the molecule is COc1cccc(NC(=O)CN(c2ccc(C34CC5CC(CC(C5)C3)C4)cc2)S(C)(=O)=O)c1. The lowest BCUT2D eigenvalue weighted by Gasteiger charge is -2.57. The normalized spacial score (nSPS) is 27.9. The van der Waals surface area contributed by atoms with E-state index in [1.165, 1.54) is 48.4 Å². The van der Waals surface area contributed by atoms with Crippen LogP contribution >= 0.6 is 0 Å². The minimum Gasteiger partial charge on any atom is -0.497 e. The molecule has 0 saturated heterocycles. The van der Waals surface area contributed by atoms with E-state index in [9.17, 15) is 13.2 Å². The van der Waals surface area contributed by atoms with Gasteiger partial charge in [-0.2, -0.15) is 0 Å². The van der Waals surface area contributed by atoms with Gasteiger partial charge in [0, 0.05) is 11.8 Å². The second-order valence-electron chi connectivity index (χ2n) is 10.3. The van der Waals surface area contributed by atoms with Gasteiger partial charge < -0.3 is 10.1 Å². The first-order chi connectivity index (χ1) is 15.7. The Kier molecular flexibility index (Phi) is 5.63. The van der Waals surface area contributed by atoms with Gasteiger partial charge in [-0.1, -0.05) is 18.2 Å². The number of methoxy groups -OCH3 is 1. The van der Waals surface area contributed by atoms with Gasteiger partial charge in [-0.15, -0.1) is 0 Å². The summed E-state index contributed by atoms with van der Waals surface area (Å²) in [5.74, 6) is 2.77. The number of benzene rings is 2. The Morgan fingerprint density at radius 3 is 2.18 bits per heavy atom. The summed E-state index contributed by atoms with van der Waals surface area (Å²) in [6.45, 7) is -0.285. The molecule has 2 aromatic rings. The first-order valence-corrected chi connectivity index (χ1v) is 13.6. The highest BCUT2D eigenvalue weighted by Crippen LogP contribution is 2.60. The van der Waals surface area contributed by atoms with E-state index in [1.54, 1.807) is 31.4 Å². The molecule has 6 nitrogen and oxygen atoms in total. The molecule has 0 spiro atoms. The molecule has 4 bridgehead atoms. The number of anilines is 2. The Morgan fingerprint density at radius 1 is 1.03 bits per heavy atom. The molecule has 0 heterocycles. The summed E-state index contributed by atoms with van der Waals surface area (Å²) in [6.07, 6.45) is 9.09. The maximum Gasteiger partial charge on any atom is 0.245 e. The minimum absolute atomic E-state index is 0.257. The van der Waals surface area contributed by atoms with Crippen LogP contribution in [0.5, 0.6) is 5.75 Å². The third-order valence-electron chi connectivity index (χ3n) is 7.85. The predicted octanol–water partition coefficient (Wildman–Crippen LogP) is 4.57. The molecule has 4 aliphatic carbocycles. The fourth-order valence-corrected chi connectivity index (χ4v) is 7.73. The zero-order valence-electron chi connectivity index (χ0n) is 19.3. The fraction of sp³-hybridized carbons (Fsp3) is 0.500. The molecule has 176 valence electrons. The van der Waals surface area contributed by atoms with Crippen molar-refractivity contribution >= 4 is 27.3 Å². The molecule has 0 radical (unpaired) electrons. The Morgan fingerprint density at radius 2 is 1.64 bits per heavy atom. The predicted molar refractivity (Wildman–Crippen MR) is 130 cm³/mol. The van der Waals surface area contributed by atoms with Gasteiger partial charge in [0.1, 0.15) is 12.3 Å². The van der Waals surface area contributed by atoms with E-state index in [4.69, 9.17) is 4.74 Å². The minimum atomic E-state index is -3.63. The van der Waals surface area contributed by atoms with E-state index in [2.05, 4.69) is 17.4 Å². The highest BCUT2D eigenvalue weighted by atomic mass is 32.2. The average Bonchev–Trinajstić information content (AvgIpc) is 2.76. The van der Waals surface area contributed by atoms with Crippen LogP contribution in [0, 0.1) is 17.8 Å². The largest absolute Gasteiger partial charge is 0.497 e. The van der Waals surface area contributed by atoms with Crippen LogP contribution < -0.4 is 14.4 Å². The molecular weight excluding hydrogens is 436 g/mol. The van der Waals surface area contributed by atoms with Gasteiger partial charge in [0.15, 0.2) is 0 Å². The lowest BCUT2D eigenvalue weighted by Crippen LogP contribution is -2.48. The number of hydrogen-bond donors (Lipinski definition) is 1. The van der Waals surface area contributed by atoms with E-state index >= 15 is 0 Å². The van der Waals surface area contributed by atoms with Crippen molar-refractivity contribution < 1.29 is 17.9 Å². The molecule has 0 aromatic heterocycles. The van der Waals surface area contributed by atoms with Crippen LogP contribution in [0.25, 0.3) is 0 Å². The average molecular weight is 469 g/mol. The second-order valence-corrected chi connectivity index (χ2v) is 12.2. The van der Waals surface area contributed by atoms with Crippen molar-refractivity contribution in [2.75, 3.05) is 29.5 Å². The summed E-state index contributed by atoms with van der Waals surface area (Å²) in [6, 6.07) is 14.9. The molecule has 2 aromatic carbocycles. The Bertz CT molecular complexity index is 1110. The molecule has 33 heavy (non-hydrogen) atoms. The van der Waals surface area contributed by atoms with Crippen molar-refractivity contribution in [3.8, 4) is 5.75 Å². The molecule has 6 rings (SSSR count). The van der Waals surface area contributed by atoms with Crippen molar-refractivity contribution in [3.63, 3.8) is 0 Å². The fourth-order valence-electron chi connectivity index (χ4n) is 6.88. The lowest BCUT2D eigenvalue weighted by molar-refractivity contribution is -0.114. The zero-order chi connectivity index (χ0) is 23.2. The topological polar surface area (TPSA) is 75.7 Å². The lowest BCUT2D eigenvalue weighted by atomic mass is 9.48. The molecule has 1 amide bonds. The summed E-state index contributed by atoms with van der Waals surface area (Å²) >= 11 is 0. The van der Waals surface area contributed by atoms with Gasteiger partial charge in [0.25, 0.3) is 0 Å². The third kappa shape index (κ3) is 4.47. The van der Waals surface area contributed by atoms with E-state index in [0.29, 0.717) is 17.1 Å². The smallest absolute Gasteiger partial charge is 0.245 e. The van der Waals surface area contributed by atoms with Crippen molar-refractivity contribution in [1.29, 1.82) is 0 Å². The summed E-state index contributed by atoms with van der Waals surface area (Å²) in [7, 11) is -2.07. The number of sulfonamides is 1. The summed E-state index contributed by atoms with van der Waals surface area (Å²) in [5, 5.41) is 2.76. The maximum atomic E-state index is 12.7. The first-order valence-electron chi connectivity index (χ1n) is 11.8. The van der Waals surface area contributed by atoms with Gasteiger partial charge in [-0.3, -0.25) is 9.10 Å². The molecule has 1 N–H and O–H groups in total. The number of hydrogen-bond acceptors (Lipinski definition) is 4. The number of amides is 1. The van der Waals surface area contributed by atoms with Gasteiger partial charge in [0.2, 0.25) is 15.9 Å². The van der Waals surface area contributed by atoms with Crippen molar-refractivity contribution in [2.24, 2.45) is 17.8 Å². The van der Waals surface area contributed by atoms with Crippen LogP contribution in [-0.4, -0.2) is 34.2 Å². The summed E-state index contributed by atoms with van der Waals surface area (Å²) in [5.41, 5.74) is 2.67. The number of rotatable bonds is 7. The molecule has 4 aliphatic rings. The number of nitrogens with one attached hydrogen (secondary N) is 1. The van der Waals surface area contributed by atoms with Gasteiger partial charge in [-0.05, 0) is 91.5 Å². The maximum absolute atomic E-state index is 12.7. The number of nitrogens with zero attached hydrogens (tertiary/aromatic N) is 1. The number of ether oxygens (including phenoxy) is 1. The second kappa shape index (κ2) is 8.35. The molecular formula is C26H32N2O4S. The van der Waals surface area contributed by atoms with Crippen molar-refractivity contribution in [2.45, 2.75) is 43.9 Å². The van der Waals surface area contributed by atoms with E-state index in [-0.39, 0.29) is 12.0 Å². The van der Waals surface area contributed by atoms with Crippen LogP contribution in [-0.2, 0) is 20.2 Å². The molecule has 0 aliphatic heterocycles. The third-order valence-corrected chi connectivity index (χ3v) is 8.99. The van der Waals surface area contributed by atoms with E-state index < -0.39 is 15.9 Å². The van der Waals surface area contributed by atoms with Gasteiger partial charge >= 0.3 is 0 Å². The van der Waals surface area contributed by atoms with Crippen molar-refractivity contribution in [1.82, 2.24) is 0 Å².